The van der Waals surface area contributed by atoms with E-state index in [9.17, 15) is 5.26 Å². The summed E-state index contributed by atoms with van der Waals surface area (Å²) < 4.78 is 0. The van der Waals surface area contributed by atoms with E-state index in [1.54, 1.807) is 0 Å². The van der Waals surface area contributed by atoms with Crippen LogP contribution in [0.2, 0.25) is 0 Å². The number of nitriles is 1. The summed E-state index contributed by atoms with van der Waals surface area (Å²) in [5.41, 5.74) is -0.183. The second-order valence-electron chi connectivity index (χ2n) is 5.93. The van der Waals surface area contributed by atoms with Crippen LogP contribution in [0.3, 0.4) is 0 Å². The maximum atomic E-state index is 9.19. The number of rotatable bonds is 9. The molecule has 19 heavy (non-hydrogen) atoms. The van der Waals surface area contributed by atoms with E-state index in [1.807, 2.05) is 40.7 Å². The molecule has 0 fully saturated rings. The molecule has 2 N–H and O–H groups in total. The number of nitrogens with zero attached hydrogens (tertiary/aromatic N) is 1. The Morgan fingerprint density at radius 1 is 1.16 bits per heavy atom. The standard InChI is InChI=1S/C14H27NO4/c1-6-14(4,5)13(19-17)11(3)10(2)12(18-16)8-7-9-15/h10-13,16-17H,6-8H2,1-5H3. The van der Waals surface area contributed by atoms with Crippen LogP contribution in [-0.2, 0) is 9.78 Å². The second kappa shape index (κ2) is 8.49. The molecule has 0 aromatic rings. The molecular weight excluding hydrogens is 246 g/mol. The molecule has 0 aliphatic carbocycles. The molecule has 0 spiro atoms. The first-order valence-electron chi connectivity index (χ1n) is 6.83. The average Bonchev–Trinajstić information content (AvgIpc) is 2.39. The average molecular weight is 273 g/mol. The lowest BCUT2D eigenvalue weighted by Crippen LogP contribution is -2.42. The van der Waals surface area contributed by atoms with Gasteiger partial charge >= 0.3 is 0 Å². The maximum Gasteiger partial charge on any atom is 0.101 e. The fraction of sp³-hybridized carbons (Fsp3) is 0.929. The quantitative estimate of drug-likeness (QED) is 0.494. The van der Waals surface area contributed by atoms with Crippen LogP contribution in [0.15, 0.2) is 0 Å². The highest BCUT2D eigenvalue weighted by atomic mass is 17.1. The Balaban J connectivity index is 4.84. The van der Waals surface area contributed by atoms with E-state index in [0.717, 1.165) is 6.42 Å². The maximum absolute atomic E-state index is 9.19. The van der Waals surface area contributed by atoms with Gasteiger partial charge in [0, 0.05) is 6.42 Å². The molecule has 4 atom stereocenters. The summed E-state index contributed by atoms with van der Waals surface area (Å²) in [6.45, 7) is 9.99. The Labute approximate surface area is 116 Å². The summed E-state index contributed by atoms with van der Waals surface area (Å²) in [7, 11) is 0. The molecule has 0 radical (unpaired) electrons. The normalized spacial score (nSPS) is 18.4. The van der Waals surface area contributed by atoms with Crippen LogP contribution in [0.5, 0.6) is 0 Å². The molecule has 112 valence electrons. The monoisotopic (exact) mass is 273 g/mol. The lowest BCUT2D eigenvalue weighted by molar-refractivity contribution is -0.329. The molecule has 0 rings (SSSR count). The van der Waals surface area contributed by atoms with E-state index in [4.69, 9.17) is 10.5 Å². The van der Waals surface area contributed by atoms with Crippen molar-refractivity contribution >= 4 is 0 Å². The van der Waals surface area contributed by atoms with E-state index < -0.39 is 6.10 Å². The summed E-state index contributed by atoms with van der Waals surface area (Å²) >= 11 is 0. The minimum atomic E-state index is -0.431. The molecule has 0 aromatic heterocycles. The van der Waals surface area contributed by atoms with E-state index in [0.29, 0.717) is 12.8 Å². The Morgan fingerprint density at radius 2 is 1.74 bits per heavy atom. The van der Waals surface area contributed by atoms with Crippen molar-refractivity contribution in [1.82, 2.24) is 0 Å². The van der Waals surface area contributed by atoms with Gasteiger partial charge in [0.2, 0.25) is 0 Å². The number of hydrogen-bond donors (Lipinski definition) is 2. The summed E-state index contributed by atoms with van der Waals surface area (Å²) in [6, 6.07) is 2.04. The lowest BCUT2D eigenvalue weighted by atomic mass is 9.72. The van der Waals surface area contributed by atoms with E-state index in [1.165, 1.54) is 0 Å². The molecule has 0 bridgehead atoms. The Bertz CT molecular complexity index is 288. The van der Waals surface area contributed by atoms with Gasteiger partial charge in [-0.05, 0) is 30.1 Å². The van der Waals surface area contributed by atoms with Gasteiger partial charge in [-0.1, -0.05) is 34.6 Å². The molecule has 4 unspecified atom stereocenters. The third-order valence-electron chi connectivity index (χ3n) is 4.36. The van der Waals surface area contributed by atoms with Crippen LogP contribution in [-0.4, -0.2) is 22.7 Å². The second-order valence-corrected chi connectivity index (χ2v) is 5.93. The zero-order valence-corrected chi connectivity index (χ0v) is 12.6. The third kappa shape index (κ3) is 5.07. The van der Waals surface area contributed by atoms with Crippen molar-refractivity contribution in [1.29, 1.82) is 5.26 Å². The minimum Gasteiger partial charge on any atom is -0.252 e. The van der Waals surface area contributed by atoms with Gasteiger partial charge in [0.05, 0.1) is 12.2 Å². The van der Waals surface area contributed by atoms with Crippen molar-refractivity contribution in [3.05, 3.63) is 0 Å². The molecular formula is C14H27NO4. The lowest BCUT2D eigenvalue weighted by Gasteiger charge is -2.39. The molecule has 5 heteroatoms. The van der Waals surface area contributed by atoms with Crippen molar-refractivity contribution in [2.24, 2.45) is 17.3 Å². The first kappa shape index (κ1) is 18.3. The van der Waals surface area contributed by atoms with Crippen molar-refractivity contribution < 1.29 is 20.3 Å². The van der Waals surface area contributed by atoms with Crippen LogP contribution < -0.4 is 0 Å². The first-order valence-corrected chi connectivity index (χ1v) is 6.83. The van der Waals surface area contributed by atoms with Crippen LogP contribution in [0.1, 0.15) is 53.9 Å². The van der Waals surface area contributed by atoms with Crippen LogP contribution in [0, 0.1) is 28.6 Å². The SMILES string of the molecule is CCC(C)(C)C(OO)C(C)C(C)C(CCC#N)OO. The van der Waals surface area contributed by atoms with Crippen molar-refractivity contribution in [3.63, 3.8) is 0 Å². The molecule has 0 saturated heterocycles. The van der Waals surface area contributed by atoms with Gasteiger partial charge in [-0.3, -0.25) is 10.5 Å². The van der Waals surface area contributed by atoms with Crippen molar-refractivity contribution in [2.75, 3.05) is 0 Å². The molecule has 0 amide bonds. The zero-order valence-electron chi connectivity index (χ0n) is 12.6. The van der Waals surface area contributed by atoms with E-state index >= 15 is 0 Å². The van der Waals surface area contributed by atoms with Gasteiger partial charge in [0.1, 0.15) is 6.10 Å². The Kier molecular flexibility index (Phi) is 8.19. The third-order valence-corrected chi connectivity index (χ3v) is 4.36. The van der Waals surface area contributed by atoms with Gasteiger partial charge in [-0.25, -0.2) is 9.78 Å². The Morgan fingerprint density at radius 3 is 2.11 bits per heavy atom. The zero-order chi connectivity index (χ0) is 15.1. The number of hydrogen-bond acceptors (Lipinski definition) is 5. The predicted molar refractivity (Wildman–Crippen MR) is 72.3 cm³/mol. The van der Waals surface area contributed by atoms with E-state index in [-0.39, 0.29) is 23.4 Å². The predicted octanol–water partition coefficient (Wildman–Crippen LogP) is 3.71. The fourth-order valence-corrected chi connectivity index (χ4v) is 2.38. The van der Waals surface area contributed by atoms with Crippen LogP contribution in [0.4, 0.5) is 0 Å². The van der Waals surface area contributed by atoms with Crippen molar-refractivity contribution in [2.45, 2.75) is 66.1 Å². The highest BCUT2D eigenvalue weighted by Gasteiger charge is 2.38. The topological polar surface area (TPSA) is 82.7 Å². The summed E-state index contributed by atoms with van der Waals surface area (Å²) in [5, 5.41) is 26.8. The van der Waals surface area contributed by atoms with E-state index in [2.05, 4.69) is 9.78 Å². The molecule has 0 aliphatic rings. The highest BCUT2D eigenvalue weighted by Crippen LogP contribution is 2.36. The van der Waals surface area contributed by atoms with Gasteiger partial charge in [0.15, 0.2) is 0 Å². The van der Waals surface area contributed by atoms with Gasteiger partial charge in [-0.15, -0.1) is 0 Å². The molecule has 0 saturated carbocycles. The molecule has 0 heterocycles. The summed E-state index contributed by atoms with van der Waals surface area (Å²) in [6.07, 6.45) is 0.859. The summed E-state index contributed by atoms with van der Waals surface area (Å²) in [5.74, 6) is -0.0582. The molecule has 0 aliphatic heterocycles. The smallest absolute Gasteiger partial charge is 0.101 e. The fourth-order valence-electron chi connectivity index (χ4n) is 2.38. The van der Waals surface area contributed by atoms with Gasteiger partial charge in [0.25, 0.3) is 0 Å². The van der Waals surface area contributed by atoms with Crippen LogP contribution >= 0.6 is 0 Å². The summed E-state index contributed by atoms with van der Waals surface area (Å²) in [4.78, 5) is 9.17. The minimum absolute atomic E-state index is 0.0178. The Hall–Kier alpha value is -0.670. The first-order chi connectivity index (χ1) is 8.85. The van der Waals surface area contributed by atoms with Gasteiger partial charge in [-0.2, -0.15) is 5.26 Å². The molecule has 5 nitrogen and oxygen atoms in total. The largest absolute Gasteiger partial charge is 0.252 e. The molecule has 0 aromatic carbocycles. The van der Waals surface area contributed by atoms with Crippen LogP contribution in [0.25, 0.3) is 0 Å². The van der Waals surface area contributed by atoms with Crippen molar-refractivity contribution in [3.8, 4) is 6.07 Å². The van der Waals surface area contributed by atoms with Gasteiger partial charge < -0.3 is 0 Å². The highest BCUT2D eigenvalue weighted by molar-refractivity contribution is 4.86.